The van der Waals surface area contributed by atoms with Gasteiger partial charge in [-0.1, -0.05) is 42.1 Å². The summed E-state index contributed by atoms with van der Waals surface area (Å²) < 4.78 is 0. The Morgan fingerprint density at radius 2 is 2.07 bits per heavy atom. The van der Waals surface area contributed by atoms with Crippen molar-refractivity contribution >= 4 is 16.9 Å². The zero-order valence-corrected chi connectivity index (χ0v) is 9.29. The van der Waals surface area contributed by atoms with Crippen LogP contribution < -0.4 is 5.84 Å². The number of amidine groups is 1. The third-order valence-electron chi connectivity index (χ3n) is 1.72. The molecule has 1 aromatic carbocycles. The molecule has 0 atom stereocenters. The fourth-order valence-corrected chi connectivity index (χ4v) is 1.54. The second kappa shape index (κ2) is 5.67. The molecule has 76 valence electrons. The monoisotopic (exact) mass is 209 g/mol. The summed E-state index contributed by atoms with van der Waals surface area (Å²) in [6, 6.07) is 10.1. The molecule has 0 heterocycles. The van der Waals surface area contributed by atoms with Gasteiger partial charge in [-0.2, -0.15) is 0 Å². The van der Waals surface area contributed by atoms with Crippen LogP contribution >= 0.6 is 11.8 Å². The highest BCUT2D eigenvalue weighted by molar-refractivity contribution is 8.13. The third kappa shape index (κ3) is 3.40. The van der Waals surface area contributed by atoms with Crippen LogP contribution in [-0.2, 0) is 6.54 Å². The zero-order valence-electron chi connectivity index (χ0n) is 8.47. The van der Waals surface area contributed by atoms with Crippen LogP contribution in [0.2, 0.25) is 0 Å². The minimum absolute atomic E-state index is 0.679. The topological polar surface area (TPSA) is 41.6 Å². The van der Waals surface area contributed by atoms with Crippen LogP contribution in [-0.4, -0.2) is 23.5 Å². The van der Waals surface area contributed by atoms with Gasteiger partial charge in [0, 0.05) is 7.05 Å². The molecule has 4 heteroatoms. The van der Waals surface area contributed by atoms with Gasteiger partial charge in [0.15, 0.2) is 5.17 Å². The predicted octanol–water partition coefficient (Wildman–Crippen LogP) is 1.71. The van der Waals surface area contributed by atoms with E-state index in [9.17, 15) is 0 Å². The Morgan fingerprint density at radius 3 is 2.57 bits per heavy atom. The summed E-state index contributed by atoms with van der Waals surface area (Å²) >= 11 is 1.55. The van der Waals surface area contributed by atoms with Crippen LogP contribution in [0.3, 0.4) is 0 Å². The van der Waals surface area contributed by atoms with Crippen LogP contribution in [0.5, 0.6) is 0 Å². The van der Waals surface area contributed by atoms with E-state index in [4.69, 9.17) is 5.84 Å². The number of hydrazine groups is 1. The number of nitrogens with zero attached hydrogens (tertiary/aromatic N) is 2. The van der Waals surface area contributed by atoms with Gasteiger partial charge in [0.2, 0.25) is 0 Å². The first-order valence-corrected chi connectivity index (χ1v) is 5.57. The average Bonchev–Trinajstić information content (AvgIpc) is 2.20. The van der Waals surface area contributed by atoms with Gasteiger partial charge in [-0.15, -0.1) is 0 Å². The lowest BCUT2D eigenvalue weighted by Gasteiger charge is -2.12. The summed E-state index contributed by atoms with van der Waals surface area (Å²) in [6.45, 7) is 0.679. The Morgan fingerprint density at radius 1 is 1.43 bits per heavy atom. The first kappa shape index (κ1) is 11.1. The van der Waals surface area contributed by atoms with E-state index >= 15 is 0 Å². The molecule has 1 aromatic rings. The van der Waals surface area contributed by atoms with Crippen LogP contribution in [0.1, 0.15) is 5.56 Å². The maximum Gasteiger partial charge on any atom is 0.173 e. The second-order valence-electron chi connectivity index (χ2n) is 2.90. The molecule has 0 saturated heterocycles. The van der Waals surface area contributed by atoms with E-state index in [1.807, 2.05) is 24.5 Å². The van der Waals surface area contributed by atoms with Crippen molar-refractivity contribution in [1.82, 2.24) is 5.01 Å². The van der Waals surface area contributed by atoms with E-state index in [-0.39, 0.29) is 0 Å². The predicted molar refractivity (Wildman–Crippen MR) is 63.0 cm³/mol. The quantitative estimate of drug-likeness (QED) is 0.349. The Kier molecular flexibility index (Phi) is 4.49. The molecule has 0 unspecified atom stereocenters. The number of hydrogen-bond donors (Lipinski definition) is 1. The molecule has 0 aliphatic heterocycles. The summed E-state index contributed by atoms with van der Waals surface area (Å²) in [6.07, 6.45) is 1.97. The molecule has 0 aliphatic rings. The maximum absolute atomic E-state index is 5.59. The van der Waals surface area contributed by atoms with Crippen molar-refractivity contribution in [3.05, 3.63) is 35.9 Å². The number of thioether (sulfide) groups is 1. The van der Waals surface area contributed by atoms with Gasteiger partial charge in [-0.3, -0.25) is 10.0 Å². The van der Waals surface area contributed by atoms with Crippen LogP contribution in [0.4, 0.5) is 0 Å². The number of rotatable bonds is 2. The molecule has 0 fully saturated rings. The molecule has 0 saturated carbocycles. The molecule has 0 radical (unpaired) electrons. The largest absolute Gasteiger partial charge is 0.293 e. The zero-order chi connectivity index (χ0) is 10.4. The van der Waals surface area contributed by atoms with Gasteiger partial charge in [0.05, 0.1) is 6.54 Å². The molecule has 1 rings (SSSR count). The lowest BCUT2D eigenvalue weighted by Crippen LogP contribution is -2.30. The first-order chi connectivity index (χ1) is 6.74. The van der Waals surface area contributed by atoms with Crippen molar-refractivity contribution in [2.75, 3.05) is 13.3 Å². The smallest absolute Gasteiger partial charge is 0.173 e. The van der Waals surface area contributed by atoms with Gasteiger partial charge in [0.1, 0.15) is 0 Å². The van der Waals surface area contributed by atoms with Crippen molar-refractivity contribution < 1.29 is 0 Å². The molecule has 0 amide bonds. The Balaban J connectivity index is 2.62. The second-order valence-corrected chi connectivity index (χ2v) is 3.67. The van der Waals surface area contributed by atoms with Crippen LogP contribution in [0, 0.1) is 0 Å². The molecule has 2 N–H and O–H groups in total. The number of aliphatic imine (C=N–C) groups is 1. The summed E-state index contributed by atoms with van der Waals surface area (Å²) in [5.41, 5.74) is 1.20. The lowest BCUT2D eigenvalue weighted by molar-refractivity contribution is 0.547. The number of benzene rings is 1. The highest BCUT2D eigenvalue weighted by Crippen LogP contribution is 2.05. The number of nitrogens with two attached hydrogens (primary N) is 1. The molecule has 0 aliphatic carbocycles. The first-order valence-electron chi connectivity index (χ1n) is 4.35. The van der Waals surface area contributed by atoms with Gasteiger partial charge in [-0.05, 0) is 11.8 Å². The van der Waals surface area contributed by atoms with Gasteiger partial charge < -0.3 is 0 Å². The summed E-state index contributed by atoms with van der Waals surface area (Å²) in [5, 5.41) is 2.38. The van der Waals surface area contributed by atoms with E-state index in [0.717, 1.165) is 5.17 Å². The minimum atomic E-state index is 0.679. The standard InChI is InChI=1S/C10H15N3S/c1-13(11)10(14-2)12-8-9-6-4-3-5-7-9/h3-7H,8,11H2,1-2H3. The number of hydrogen-bond acceptors (Lipinski definition) is 3. The van der Waals surface area contributed by atoms with E-state index < -0.39 is 0 Å². The van der Waals surface area contributed by atoms with Crippen LogP contribution in [0.15, 0.2) is 35.3 Å². The van der Waals surface area contributed by atoms with Crippen LogP contribution in [0.25, 0.3) is 0 Å². The SMILES string of the molecule is CSC(=NCc1ccccc1)N(C)N. The fourth-order valence-electron chi connectivity index (χ4n) is 1.06. The van der Waals surface area contributed by atoms with Crippen molar-refractivity contribution in [1.29, 1.82) is 0 Å². The summed E-state index contributed by atoms with van der Waals surface area (Å²) in [4.78, 5) is 4.39. The molecule has 3 nitrogen and oxygen atoms in total. The maximum atomic E-state index is 5.59. The highest BCUT2D eigenvalue weighted by Gasteiger charge is 1.98. The third-order valence-corrected chi connectivity index (χ3v) is 2.51. The molecular weight excluding hydrogens is 194 g/mol. The Labute approximate surface area is 89.0 Å². The molecule has 0 aromatic heterocycles. The van der Waals surface area contributed by atoms with Gasteiger partial charge in [0.25, 0.3) is 0 Å². The fraction of sp³-hybridized carbons (Fsp3) is 0.300. The molecule has 0 spiro atoms. The van der Waals surface area contributed by atoms with Crippen molar-refractivity contribution in [3.63, 3.8) is 0 Å². The van der Waals surface area contributed by atoms with E-state index in [1.54, 1.807) is 18.8 Å². The summed E-state index contributed by atoms with van der Waals surface area (Å²) in [7, 11) is 1.79. The molecular formula is C10H15N3S. The minimum Gasteiger partial charge on any atom is -0.293 e. The highest BCUT2D eigenvalue weighted by atomic mass is 32.2. The normalized spacial score (nSPS) is 11.5. The van der Waals surface area contributed by atoms with Gasteiger partial charge in [-0.25, -0.2) is 5.84 Å². The summed E-state index contributed by atoms with van der Waals surface area (Å²) in [5.74, 6) is 5.59. The molecule has 14 heavy (non-hydrogen) atoms. The van der Waals surface area contributed by atoms with Crippen molar-refractivity contribution in [2.45, 2.75) is 6.54 Å². The average molecular weight is 209 g/mol. The Bertz CT molecular complexity index is 295. The van der Waals surface area contributed by atoms with E-state index in [1.165, 1.54) is 10.6 Å². The molecule has 0 bridgehead atoms. The van der Waals surface area contributed by atoms with E-state index in [2.05, 4.69) is 17.1 Å². The van der Waals surface area contributed by atoms with E-state index in [0.29, 0.717) is 6.54 Å². The lowest BCUT2D eigenvalue weighted by atomic mass is 10.2. The van der Waals surface area contributed by atoms with Crippen molar-refractivity contribution in [3.8, 4) is 0 Å². The Hall–Kier alpha value is -1.00. The van der Waals surface area contributed by atoms with Gasteiger partial charge >= 0.3 is 0 Å². The van der Waals surface area contributed by atoms with Crippen molar-refractivity contribution in [2.24, 2.45) is 10.8 Å².